The van der Waals surface area contributed by atoms with Crippen LogP contribution in [0.1, 0.15) is 39.5 Å². The van der Waals surface area contributed by atoms with Gasteiger partial charge in [-0.1, -0.05) is 13.3 Å². The fraction of sp³-hybridized carbons (Fsp3) is 1.00. The summed E-state index contributed by atoms with van der Waals surface area (Å²) in [4.78, 5) is 0. The second-order valence-electron chi connectivity index (χ2n) is 3.62. The molecule has 0 aliphatic carbocycles. The summed E-state index contributed by atoms with van der Waals surface area (Å²) in [6, 6.07) is 0. The van der Waals surface area contributed by atoms with Crippen molar-refractivity contribution in [2.45, 2.75) is 39.5 Å². The number of hydrogen-bond acceptors (Lipinski definition) is 3. The highest BCUT2D eigenvalue weighted by Crippen LogP contribution is 1.89. The lowest BCUT2D eigenvalue weighted by atomic mass is 10.3. The zero-order valence-corrected chi connectivity index (χ0v) is 10.4. The van der Waals surface area contributed by atoms with Gasteiger partial charge in [0.1, 0.15) is 0 Å². The molecule has 0 radical (unpaired) electrons. The van der Waals surface area contributed by atoms with Gasteiger partial charge >= 0.3 is 0 Å². The van der Waals surface area contributed by atoms with Crippen LogP contribution < -0.4 is 5.32 Å². The van der Waals surface area contributed by atoms with Crippen LogP contribution in [0.5, 0.6) is 0 Å². The number of rotatable bonds is 12. The van der Waals surface area contributed by atoms with Gasteiger partial charge in [0.05, 0.1) is 0 Å². The number of hydrogen-bond donors (Lipinski definition) is 1. The molecule has 1 N–H and O–H groups in total. The van der Waals surface area contributed by atoms with Crippen molar-refractivity contribution in [1.29, 1.82) is 0 Å². The smallest absolute Gasteiger partial charge is 0.0478 e. The van der Waals surface area contributed by atoms with Crippen LogP contribution in [0.15, 0.2) is 0 Å². The van der Waals surface area contributed by atoms with E-state index in [1.165, 1.54) is 12.8 Å². The average Bonchev–Trinajstić information content (AvgIpc) is 2.26. The standard InChI is InChI=1S/C12H27NO2/c1-3-5-10-15-12-7-9-13-8-6-11-14-4-2/h13H,3-12H2,1-2H3. The Kier molecular flexibility index (Phi) is 13.8. The van der Waals surface area contributed by atoms with Crippen LogP contribution in [0.3, 0.4) is 0 Å². The van der Waals surface area contributed by atoms with Crippen LogP contribution in [0.25, 0.3) is 0 Å². The van der Waals surface area contributed by atoms with E-state index in [1.54, 1.807) is 0 Å². The molecule has 0 aliphatic heterocycles. The molecule has 3 heteroatoms. The molecule has 15 heavy (non-hydrogen) atoms. The third kappa shape index (κ3) is 13.9. The second-order valence-corrected chi connectivity index (χ2v) is 3.62. The molecule has 0 aliphatic rings. The minimum Gasteiger partial charge on any atom is -0.382 e. The summed E-state index contributed by atoms with van der Waals surface area (Å²) in [6.45, 7) is 9.82. The number of nitrogens with one attached hydrogen (secondary N) is 1. The van der Waals surface area contributed by atoms with Gasteiger partial charge in [0, 0.05) is 26.4 Å². The van der Waals surface area contributed by atoms with Crippen LogP contribution in [0.2, 0.25) is 0 Å². The van der Waals surface area contributed by atoms with E-state index in [4.69, 9.17) is 9.47 Å². The molecule has 0 fully saturated rings. The third-order valence-electron chi connectivity index (χ3n) is 2.13. The maximum absolute atomic E-state index is 5.45. The third-order valence-corrected chi connectivity index (χ3v) is 2.13. The summed E-state index contributed by atoms with van der Waals surface area (Å²) >= 11 is 0. The Morgan fingerprint density at radius 2 is 1.40 bits per heavy atom. The first-order valence-electron chi connectivity index (χ1n) is 6.28. The van der Waals surface area contributed by atoms with E-state index in [2.05, 4.69) is 12.2 Å². The Balaban J connectivity index is 2.81. The minimum atomic E-state index is 0.825. The minimum absolute atomic E-state index is 0.825. The molecule has 0 aromatic heterocycles. The first-order valence-corrected chi connectivity index (χ1v) is 6.28. The number of unbranched alkanes of at least 4 members (excludes halogenated alkanes) is 1. The molecule has 0 aromatic carbocycles. The fourth-order valence-corrected chi connectivity index (χ4v) is 1.22. The molecule has 0 spiro atoms. The van der Waals surface area contributed by atoms with Gasteiger partial charge in [0.25, 0.3) is 0 Å². The van der Waals surface area contributed by atoms with E-state index >= 15 is 0 Å². The van der Waals surface area contributed by atoms with Gasteiger partial charge in [-0.2, -0.15) is 0 Å². The van der Waals surface area contributed by atoms with Crippen molar-refractivity contribution in [1.82, 2.24) is 5.32 Å². The molecule has 0 unspecified atom stereocenters. The van der Waals surface area contributed by atoms with Crippen LogP contribution in [-0.2, 0) is 9.47 Å². The van der Waals surface area contributed by atoms with Crippen molar-refractivity contribution in [3.8, 4) is 0 Å². The van der Waals surface area contributed by atoms with E-state index in [0.717, 1.165) is 52.4 Å². The van der Waals surface area contributed by atoms with Gasteiger partial charge in [0.2, 0.25) is 0 Å². The van der Waals surface area contributed by atoms with Crippen molar-refractivity contribution >= 4 is 0 Å². The van der Waals surface area contributed by atoms with Gasteiger partial charge in [-0.15, -0.1) is 0 Å². The van der Waals surface area contributed by atoms with Gasteiger partial charge in [-0.05, 0) is 39.3 Å². The lowest BCUT2D eigenvalue weighted by Crippen LogP contribution is -2.19. The van der Waals surface area contributed by atoms with E-state index in [9.17, 15) is 0 Å². The molecular weight excluding hydrogens is 190 g/mol. The molecule has 0 amide bonds. The van der Waals surface area contributed by atoms with Crippen molar-refractivity contribution in [3.63, 3.8) is 0 Å². The summed E-state index contributed by atoms with van der Waals surface area (Å²) in [5.41, 5.74) is 0. The first-order chi connectivity index (χ1) is 7.41. The molecule has 0 saturated heterocycles. The van der Waals surface area contributed by atoms with Crippen LogP contribution in [0.4, 0.5) is 0 Å². The molecule has 0 saturated carbocycles. The molecule has 0 aromatic rings. The lowest BCUT2D eigenvalue weighted by Gasteiger charge is -2.05. The zero-order valence-electron chi connectivity index (χ0n) is 10.4. The highest BCUT2D eigenvalue weighted by atomic mass is 16.5. The Morgan fingerprint density at radius 1 is 0.800 bits per heavy atom. The largest absolute Gasteiger partial charge is 0.382 e. The van der Waals surface area contributed by atoms with E-state index in [1.807, 2.05) is 6.92 Å². The average molecular weight is 217 g/mol. The number of ether oxygens (including phenoxy) is 2. The maximum Gasteiger partial charge on any atom is 0.0478 e. The monoisotopic (exact) mass is 217 g/mol. The summed E-state index contributed by atoms with van der Waals surface area (Å²) in [5, 5.41) is 3.38. The SMILES string of the molecule is CCCCOCCCNCCCOCC. The molecule has 3 nitrogen and oxygen atoms in total. The zero-order chi connectivity index (χ0) is 11.2. The van der Waals surface area contributed by atoms with Gasteiger partial charge < -0.3 is 14.8 Å². The first kappa shape index (κ1) is 14.9. The van der Waals surface area contributed by atoms with E-state index in [0.29, 0.717) is 0 Å². The van der Waals surface area contributed by atoms with Crippen molar-refractivity contribution in [2.75, 3.05) is 39.5 Å². The molecule has 0 bridgehead atoms. The molecule has 0 atom stereocenters. The van der Waals surface area contributed by atoms with E-state index in [-0.39, 0.29) is 0 Å². The Labute approximate surface area is 94.5 Å². The van der Waals surface area contributed by atoms with Crippen molar-refractivity contribution in [3.05, 3.63) is 0 Å². The van der Waals surface area contributed by atoms with Crippen molar-refractivity contribution < 1.29 is 9.47 Å². The van der Waals surface area contributed by atoms with E-state index < -0.39 is 0 Å². The summed E-state index contributed by atoms with van der Waals surface area (Å²) in [5.74, 6) is 0. The highest BCUT2D eigenvalue weighted by Gasteiger charge is 1.90. The molecular formula is C12H27NO2. The Morgan fingerprint density at radius 3 is 2.00 bits per heavy atom. The van der Waals surface area contributed by atoms with Crippen LogP contribution in [-0.4, -0.2) is 39.5 Å². The molecule has 92 valence electrons. The Bertz CT molecular complexity index is 97.8. The predicted molar refractivity (Wildman–Crippen MR) is 64.3 cm³/mol. The van der Waals surface area contributed by atoms with Gasteiger partial charge in [-0.3, -0.25) is 0 Å². The topological polar surface area (TPSA) is 30.5 Å². The van der Waals surface area contributed by atoms with Gasteiger partial charge in [-0.25, -0.2) is 0 Å². The Hall–Kier alpha value is -0.120. The lowest BCUT2D eigenvalue weighted by molar-refractivity contribution is 0.127. The quantitative estimate of drug-likeness (QED) is 0.508. The summed E-state index contributed by atoms with van der Waals surface area (Å²) in [7, 11) is 0. The van der Waals surface area contributed by atoms with Gasteiger partial charge in [0.15, 0.2) is 0 Å². The second kappa shape index (κ2) is 13.9. The summed E-state index contributed by atoms with van der Waals surface area (Å²) < 4.78 is 10.7. The summed E-state index contributed by atoms with van der Waals surface area (Å²) in [6.07, 6.45) is 4.61. The maximum atomic E-state index is 5.45. The highest BCUT2D eigenvalue weighted by molar-refractivity contribution is 4.47. The predicted octanol–water partition coefficient (Wildman–Crippen LogP) is 2.21. The molecule has 0 heterocycles. The van der Waals surface area contributed by atoms with Crippen LogP contribution in [0, 0.1) is 0 Å². The normalized spacial score (nSPS) is 10.8. The van der Waals surface area contributed by atoms with Crippen LogP contribution >= 0.6 is 0 Å². The van der Waals surface area contributed by atoms with Crippen molar-refractivity contribution in [2.24, 2.45) is 0 Å². The fourth-order valence-electron chi connectivity index (χ4n) is 1.22. The molecule has 0 rings (SSSR count).